The normalized spacial score (nSPS) is 9.94. The molecule has 18 heavy (non-hydrogen) atoms. The van der Waals surface area contributed by atoms with Gasteiger partial charge in [0.1, 0.15) is 0 Å². The highest BCUT2D eigenvalue weighted by Crippen LogP contribution is 2.22. The van der Waals surface area contributed by atoms with Crippen molar-refractivity contribution in [1.29, 1.82) is 0 Å². The Hall–Kier alpha value is -1.75. The van der Waals surface area contributed by atoms with Gasteiger partial charge in [-0.25, -0.2) is 0 Å². The summed E-state index contributed by atoms with van der Waals surface area (Å²) in [6.45, 7) is 2.39. The van der Waals surface area contributed by atoms with Crippen LogP contribution in [0.25, 0.3) is 0 Å². The second-order valence-corrected chi connectivity index (χ2v) is 4.18. The molecule has 0 aliphatic rings. The van der Waals surface area contributed by atoms with Crippen LogP contribution in [0.2, 0.25) is 5.02 Å². The molecule has 0 spiro atoms. The molecule has 5 nitrogen and oxygen atoms in total. The van der Waals surface area contributed by atoms with Crippen molar-refractivity contribution in [3.05, 3.63) is 28.8 Å². The lowest BCUT2D eigenvalue weighted by Crippen LogP contribution is -2.38. The zero-order chi connectivity index (χ0) is 13.7. The van der Waals surface area contributed by atoms with E-state index < -0.39 is 5.91 Å². The topological polar surface area (TPSA) is 75.4 Å². The van der Waals surface area contributed by atoms with E-state index in [2.05, 4.69) is 5.32 Å². The predicted molar refractivity (Wildman–Crippen MR) is 71.5 cm³/mol. The molecule has 2 amide bonds. The number of nitrogens with zero attached hydrogens (tertiary/aromatic N) is 1. The van der Waals surface area contributed by atoms with Crippen molar-refractivity contribution in [2.75, 3.05) is 25.9 Å². The summed E-state index contributed by atoms with van der Waals surface area (Å²) in [4.78, 5) is 24.8. The number of likely N-dealkylation sites (N-methyl/N-ethyl adjacent to an activating group) is 1. The Morgan fingerprint density at radius 2 is 2.11 bits per heavy atom. The maximum Gasteiger partial charge on any atom is 0.253 e. The number of carbonyl (C=O) groups is 2. The summed E-state index contributed by atoms with van der Waals surface area (Å²) in [6, 6.07) is 4.80. The van der Waals surface area contributed by atoms with Crippen LogP contribution in [-0.4, -0.2) is 36.9 Å². The molecule has 0 unspecified atom stereocenters. The number of nitrogens with two attached hydrogens (primary N) is 1. The van der Waals surface area contributed by atoms with Crippen molar-refractivity contribution in [1.82, 2.24) is 10.2 Å². The third-order valence-corrected chi connectivity index (χ3v) is 3.00. The van der Waals surface area contributed by atoms with Gasteiger partial charge in [0, 0.05) is 13.6 Å². The largest absolute Gasteiger partial charge is 0.398 e. The van der Waals surface area contributed by atoms with Gasteiger partial charge in [0.15, 0.2) is 0 Å². The van der Waals surface area contributed by atoms with Gasteiger partial charge in [0.25, 0.3) is 5.91 Å². The van der Waals surface area contributed by atoms with Gasteiger partial charge in [-0.2, -0.15) is 0 Å². The number of nitrogens with one attached hydrogen (secondary N) is 1. The SMILES string of the molecule is CCN(C)C(=O)CNC(=O)c1cccc(N)c1Cl. The number of carbonyl (C=O) groups excluding carboxylic acids is 2. The van der Waals surface area contributed by atoms with Crippen molar-refractivity contribution >= 4 is 29.1 Å². The molecule has 0 radical (unpaired) electrons. The minimum absolute atomic E-state index is 0.0612. The molecular formula is C12H16ClN3O2. The maximum atomic E-state index is 11.8. The molecule has 1 aromatic carbocycles. The molecule has 3 N–H and O–H groups in total. The van der Waals surface area contributed by atoms with Crippen molar-refractivity contribution in [3.63, 3.8) is 0 Å². The molecule has 1 aromatic rings. The molecule has 0 fully saturated rings. The minimum Gasteiger partial charge on any atom is -0.398 e. The summed E-state index contributed by atoms with van der Waals surface area (Å²) < 4.78 is 0. The molecule has 0 aromatic heterocycles. The van der Waals surface area contributed by atoms with E-state index in [4.69, 9.17) is 17.3 Å². The van der Waals surface area contributed by atoms with Crippen molar-refractivity contribution in [3.8, 4) is 0 Å². The number of anilines is 1. The van der Waals surface area contributed by atoms with Crippen LogP contribution >= 0.6 is 11.6 Å². The first-order valence-corrected chi connectivity index (χ1v) is 5.91. The van der Waals surface area contributed by atoms with Crippen LogP contribution in [0.3, 0.4) is 0 Å². The fraction of sp³-hybridized carbons (Fsp3) is 0.333. The average molecular weight is 270 g/mol. The van der Waals surface area contributed by atoms with E-state index in [1.165, 1.54) is 4.90 Å². The molecule has 0 aliphatic heterocycles. The first-order valence-electron chi connectivity index (χ1n) is 5.53. The lowest BCUT2D eigenvalue weighted by atomic mass is 10.2. The fourth-order valence-electron chi connectivity index (χ4n) is 1.29. The van der Waals surface area contributed by atoms with Gasteiger partial charge in [-0.3, -0.25) is 9.59 Å². The lowest BCUT2D eigenvalue weighted by Gasteiger charge is -2.15. The summed E-state index contributed by atoms with van der Waals surface area (Å²) in [5, 5.41) is 2.71. The Labute approximate surface area is 111 Å². The number of hydrogen-bond acceptors (Lipinski definition) is 3. The Morgan fingerprint density at radius 1 is 1.44 bits per heavy atom. The van der Waals surface area contributed by atoms with E-state index in [1.807, 2.05) is 6.92 Å². The highest BCUT2D eigenvalue weighted by molar-refractivity contribution is 6.36. The standard InChI is InChI=1S/C12H16ClN3O2/c1-3-16(2)10(17)7-15-12(18)8-5-4-6-9(14)11(8)13/h4-6H,3,7,14H2,1-2H3,(H,15,18). The summed E-state index contributed by atoms with van der Waals surface area (Å²) in [6.07, 6.45) is 0. The molecule has 0 saturated carbocycles. The first-order chi connectivity index (χ1) is 8.47. The Morgan fingerprint density at radius 3 is 2.72 bits per heavy atom. The van der Waals surface area contributed by atoms with E-state index in [0.29, 0.717) is 12.2 Å². The van der Waals surface area contributed by atoms with Crippen LogP contribution in [0.1, 0.15) is 17.3 Å². The van der Waals surface area contributed by atoms with E-state index in [0.717, 1.165) is 0 Å². The average Bonchev–Trinajstić information content (AvgIpc) is 2.37. The highest BCUT2D eigenvalue weighted by Gasteiger charge is 2.14. The van der Waals surface area contributed by atoms with Crippen LogP contribution in [-0.2, 0) is 4.79 Å². The van der Waals surface area contributed by atoms with Crippen LogP contribution in [0, 0.1) is 0 Å². The summed E-state index contributed by atoms with van der Waals surface area (Å²) >= 11 is 5.91. The van der Waals surface area contributed by atoms with E-state index in [-0.39, 0.29) is 23.0 Å². The van der Waals surface area contributed by atoms with Crippen LogP contribution in [0.15, 0.2) is 18.2 Å². The summed E-state index contributed by atoms with van der Waals surface area (Å²) in [5.74, 6) is -0.573. The lowest BCUT2D eigenvalue weighted by molar-refractivity contribution is -0.128. The Bertz CT molecular complexity index is 463. The van der Waals surface area contributed by atoms with E-state index >= 15 is 0 Å². The second-order valence-electron chi connectivity index (χ2n) is 3.80. The highest BCUT2D eigenvalue weighted by atomic mass is 35.5. The van der Waals surface area contributed by atoms with Gasteiger partial charge < -0.3 is 16.0 Å². The number of halogens is 1. The molecule has 0 saturated heterocycles. The molecule has 0 atom stereocenters. The molecule has 98 valence electrons. The third-order valence-electron chi connectivity index (χ3n) is 2.57. The van der Waals surface area contributed by atoms with E-state index in [1.54, 1.807) is 25.2 Å². The molecule has 0 aliphatic carbocycles. The van der Waals surface area contributed by atoms with Gasteiger partial charge in [-0.1, -0.05) is 17.7 Å². The number of rotatable bonds is 4. The zero-order valence-electron chi connectivity index (χ0n) is 10.4. The number of nitrogen functional groups attached to an aromatic ring is 1. The van der Waals surface area contributed by atoms with Crippen molar-refractivity contribution in [2.45, 2.75) is 6.92 Å². The quantitative estimate of drug-likeness (QED) is 0.805. The molecule has 0 heterocycles. The molecule has 6 heteroatoms. The smallest absolute Gasteiger partial charge is 0.253 e. The second kappa shape index (κ2) is 6.26. The fourth-order valence-corrected chi connectivity index (χ4v) is 1.50. The van der Waals surface area contributed by atoms with Crippen LogP contribution < -0.4 is 11.1 Å². The molecule has 0 bridgehead atoms. The van der Waals surface area contributed by atoms with Gasteiger partial charge in [-0.05, 0) is 19.1 Å². The number of hydrogen-bond donors (Lipinski definition) is 2. The van der Waals surface area contributed by atoms with Gasteiger partial charge >= 0.3 is 0 Å². The minimum atomic E-state index is -0.412. The predicted octanol–water partition coefficient (Wildman–Crippen LogP) is 1.13. The Kier molecular flexibility index (Phi) is 4.97. The monoisotopic (exact) mass is 269 g/mol. The first kappa shape index (κ1) is 14.3. The van der Waals surface area contributed by atoms with Crippen LogP contribution in [0.4, 0.5) is 5.69 Å². The van der Waals surface area contributed by atoms with Gasteiger partial charge in [0.2, 0.25) is 5.91 Å². The van der Waals surface area contributed by atoms with Crippen molar-refractivity contribution in [2.24, 2.45) is 0 Å². The molecular weight excluding hydrogens is 254 g/mol. The van der Waals surface area contributed by atoms with Crippen molar-refractivity contribution < 1.29 is 9.59 Å². The van der Waals surface area contributed by atoms with Gasteiger partial charge in [-0.15, -0.1) is 0 Å². The van der Waals surface area contributed by atoms with E-state index in [9.17, 15) is 9.59 Å². The van der Waals surface area contributed by atoms with Crippen LogP contribution in [0.5, 0.6) is 0 Å². The summed E-state index contributed by atoms with van der Waals surface area (Å²) in [7, 11) is 1.67. The third kappa shape index (κ3) is 3.37. The Balaban J connectivity index is 2.67. The number of benzene rings is 1. The van der Waals surface area contributed by atoms with Gasteiger partial charge in [0.05, 0.1) is 22.8 Å². The zero-order valence-corrected chi connectivity index (χ0v) is 11.1. The molecule has 1 rings (SSSR count). The maximum absolute atomic E-state index is 11.8. The number of amides is 2. The summed E-state index contributed by atoms with van der Waals surface area (Å²) in [5.41, 5.74) is 6.20.